The molecule has 136 valence electrons. The summed E-state index contributed by atoms with van der Waals surface area (Å²) in [6.07, 6.45) is 2.89. The molecule has 1 unspecified atom stereocenters. The molecule has 24 heavy (non-hydrogen) atoms. The first kappa shape index (κ1) is 17.0. The first-order valence-corrected chi connectivity index (χ1v) is 9.35. The fourth-order valence-corrected chi connectivity index (χ4v) is 5.25. The zero-order valence-corrected chi connectivity index (χ0v) is 15.1. The van der Waals surface area contributed by atoms with Crippen LogP contribution >= 0.6 is 11.6 Å². The van der Waals surface area contributed by atoms with Crippen LogP contribution in [-0.4, -0.2) is 41.7 Å². The lowest BCUT2D eigenvalue weighted by Gasteiger charge is -2.50. The number of fused-ring (bicyclic) bond motifs is 2. The maximum Gasteiger partial charge on any atom is 0.338 e. The minimum absolute atomic E-state index is 0.165. The molecule has 0 N–H and O–H groups in total. The number of rotatable bonds is 3. The average Bonchev–Trinajstić information content (AvgIpc) is 2.64. The van der Waals surface area contributed by atoms with Crippen LogP contribution in [0.25, 0.3) is 0 Å². The molecule has 1 spiro atoms. The normalized spacial score (nSPS) is 52.7. The Morgan fingerprint density at radius 3 is 2.75 bits per heavy atom. The van der Waals surface area contributed by atoms with E-state index in [-0.39, 0.29) is 24.3 Å². The topological polar surface area (TPSA) is 63.2 Å². The molecule has 0 amide bonds. The van der Waals surface area contributed by atoms with E-state index in [0.29, 0.717) is 5.92 Å². The van der Waals surface area contributed by atoms with E-state index in [0.717, 1.165) is 25.7 Å². The van der Waals surface area contributed by atoms with Crippen LogP contribution in [0.2, 0.25) is 0 Å². The molecule has 4 aliphatic heterocycles. The minimum atomic E-state index is -1.11. The van der Waals surface area contributed by atoms with Gasteiger partial charge in [-0.3, -0.25) is 0 Å². The first-order valence-electron chi connectivity index (χ1n) is 8.81. The van der Waals surface area contributed by atoms with Gasteiger partial charge in [0, 0.05) is 12.3 Å². The van der Waals surface area contributed by atoms with E-state index < -0.39 is 29.2 Å². The van der Waals surface area contributed by atoms with Gasteiger partial charge in [0.15, 0.2) is 17.5 Å². The van der Waals surface area contributed by atoms with E-state index in [1.807, 2.05) is 6.92 Å². The van der Waals surface area contributed by atoms with Crippen molar-refractivity contribution in [2.75, 3.05) is 12.5 Å². The molecule has 0 radical (unpaired) electrons. The number of hydrogen-bond donors (Lipinski definition) is 0. The van der Waals surface area contributed by atoms with Gasteiger partial charge in [0.2, 0.25) is 5.79 Å². The first-order chi connectivity index (χ1) is 11.4. The summed E-state index contributed by atoms with van der Waals surface area (Å²) in [7, 11) is 0. The van der Waals surface area contributed by atoms with E-state index in [1.54, 1.807) is 6.92 Å². The Morgan fingerprint density at radius 2 is 2.00 bits per heavy atom. The van der Waals surface area contributed by atoms with Crippen LogP contribution in [0.1, 0.15) is 46.5 Å². The molecule has 0 aromatic carbocycles. The van der Waals surface area contributed by atoms with Gasteiger partial charge in [-0.15, -0.1) is 11.6 Å². The predicted molar refractivity (Wildman–Crippen MR) is 84.0 cm³/mol. The Bertz CT molecular complexity index is 543. The summed E-state index contributed by atoms with van der Waals surface area (Å²) in [5.74, 6) is -0.446. The summed E-state index contributed by atoms with van der Waals surface area (Å²) in [5.41, 5.74) is -1.86. The van der Waals surface area contributed by atoms with Crippen molar-refractivity contribution in [1.29, 1.82) is 0 Å². The van der Waals surface area contributed by atoms with E-state index in [4.69, 9.17) is 35.6 Å². The van der Waals surface area contributed by atoms with E-state index in [2.05, 4.69) is 6.92 Å². The Morgan fingerprint density at radius 1 is 1.21 bits per heavy atom. The van der Waals surface area contributed by atoms with Gasteiger partial charge in [-0.2, -0.15) is 0 Å². The molecule has 5 aliphatic rings. The van der Waals surface area contributed by atoms with Crippen molar-refractivity contribution in [3.63, 3.8) is 0 Å². The van der Waals surface area contributed by atoms with Crippen molar-refractivity contribution in [2.45, 2.75) is 69.7 Å². The van der Waals surface area contributed by atoms with Gasteiger partial charge >= 0.3 is 5.97 Å². The highest BCUT2D eigenvalue weighted by molar-refractivity contribution is 6.18. The molecule has 7 atom stereocenters. The summed E-state index contributed by atoms with van der Waals surface area (Å²) in [6, 6.07) is 0. The number of halogens is 1. The SMILES string of the molecule is C[C@@H]1CC[C@@H]2[C@]34OO[C@@](C)(CCC13)O[C@H]4O[C@]2(C)C(=O)OCCCl. The molecular formula is C17H25ClO6. The van der Waals surface area contributed by atoms with Crippen LogP contribution in [0.15, 0.2) is 0 Å². The van der Waals surface area contributed by atoms with Crippen molar-refractivity contribution in [2.24, 2.45) is 17.8 Å². The van der Waals surface area contributed by atoms with Gasteiger partial charge in [0.05, 0.1) is 5.88 Å². The molecule has 4 heterocycles. The predicted octanol–water partition coefficient (Wildman–Crippen LogP) is 2.77. The van der Waals surface area contributed by atoms with Crippen LogP contribution in [0, 0.1) is 17.8 Å². The van der Waals surface area contributed by atoms with Crippen LogP contribution < -0.4 is 0 Å². The molecule has 2 bridgehead atoms. The van der Waals surface area contributed by atoms with Gasteiger partial charge < -0.3 is 14.2 Å². The second kappa shape index (κ2) is 5.55. The minimum Gasteiger partial charge on any atom is -0.462 e. The third-order valence-corrected chi connectivity index (χ3v) is 6.60. The Balaban J connectivity index is 1.74. The fraction of sp³-hybridized carbons (Fsp3) is 0.941. The van der Waals surface area contributed by atoms with Crippen molar-refractivity contribution < 1.29 is 28.8 Å². The standard InChI is InChI=1S/C17H25ClO6/c1-10-4-5-12-16(3,13(19)20-9-8-18)22-14-17(12)11(10)6-7-15(2,21-14)23-24-17/h10-12,14H,4-9H2,1-3H3/t10-,11?,12+,14+,15+,16+,17-/m1/s1. The maximum absolute atomic E-state index is 12.7. The van der Waals surface area contributed by atoms with Crippen molar-refractivity contribution in [3.8, 4) is 0 Å². The third kappa shape index (κ3) is 2.13. The molecule has 5 rings (SSSR count). The zero-order valence-electron chi connectivity index (χ0n) is 14.4. The van der Waals surface area contributed by atoms with Gasteiger partial charge in [-0.05, 0) is 44.9 Å². The molecule has 5 fully saturated rings. The summed E-state index contributed by atoms with van der Waals surface area (Å²) in [4.78, 5) is 24.4. The van der Waals surface area contributed by atoms with Crippen LogP contribution in [0.5, 0.6) is 0 Å². The summed E-state index contributed by atoms with van der Waals surface area (Å²) in [6.45, 7) is 6.05. The van der Waals surface area contributed by atoms with E-state index in [9.17, 15) is 4.79 Å². The van der Waals surface area contributed by atoms with Crippen LogP contribution in [-0.2, 0) is 28.8 Å². The Kier molecular flexibility index (Phi) is 3.94. The lowest BCUT2D eigenvalue weighted by molar-refractivity contribution is -0.541. The molecule has 0 aromatic rings. The zero-order chi connectivity index (χ0) is 17.2. The molecule has 1 aliphatic carbocycles. The number of esters is 1. The number of carbonyl (C=O) groups excluding carboxylic acids is 1. The van der Waals surface area contributed by atoms with Crippen molar-refractivity contribution in [3.05, 3.63) is 0 Å². The summed E-state index contributed by atoms with van der Waals surface area (Å²) < 4.78 is 17.7. The second-order valence-corrected chi connectivity index (χ2v) is 8.28. The van der Waals surface area contributed by atoms with Gasteiger partial charge in [-0.25, -0.2) is 14.6 Å². The molecule has 6 nitrogen and oxygen atoms in total. The summed E-state index contributed by atoms with van der Waals surface area (Å²) >= 11 is 5.66. The van der Waals surface area contributed by atoms with Gasteiger partial charge in [0.1, 0.15) is 6.61 Å². The molecular weight excluding hydrogens is 336 g/mol. The Hall–Kier alpha value is -0.400. The number of ether oxygens (including phenoxy) is 3. The number of carbonyl (C=O) groups is 1. The Labute approximate surface area is 147 Å². The average molecular weight is 361 g/mol. The maximum atomic E-state index is 12.7. The van der Waals surface area contributed by atoms with Crippen molar-refractivity contribution >= 4 is 17.6 Å². The quantitative estimate of drug-likeness (QED) is 0.438. The largest absolute Gasteiger partial charge is 0.462 e. The lowest BCUT2D eigenvalue weighted by Crippen LogP contribution is -2.62. The lowest BCUT2D eigenvalue weighted by atomic mass is 9.60. The molecule has 0 aromatic heterocycles. The van der Waals surface area contributed by atoms with Crippen LogP contribution in [0.4, 0.5) is 0 Å². The molecule has 7 heteroatoms. The smallest absolute Gasteiger partial charge is 0.338 e. The van der Waals surface area contributed by atoms with E-state index in [1.165, 1.54) is 0 Å². The second-order valence-electron chi connectivity index (χ2n) is 7.91. The number of alkyl halides is 1. The fourth-order valence-electron chi connectivity index (χ4n) is 5.18. The monoisotopic (exact) mass is 360 g/mol. The number of hydrogen-bond acceptors (Lipinski definition) is 6. The van der Waals surface area contributed by atoms with Crippen LogP contribution in [0.3, 0.4) is 0 Å². The van der Waals surface area contributed by atoms with Gasteiger partial charge in [0.25, 0.3) is 0 Å². The third-order valence-electron chi connectivity index (χ3n) is 6.45. The highest BCUT2D eigenvalue weighted by Gasteiger charge is 2.76. The molecule has 4 saturated heterocycles. The molecule has 1 saturated carbocycles. The van der Waals surface area contributed by atoms with Crippen molar-refractivity contribution in [1.82, 2.24) is 0 Å². The highest BCUT2D eigenvalue weighted by Crippen LogP contribution is 2.63. The highest BCUT2D eigenvalue weighted by atomic mass is 35.5. The van der Waals surface area contributed by atoms with Gasteiger partial charge in [-0.1, -0.05) is 6.92 Å². The van der Waals surface area contributed by atoms with E-state index >= 15 is 0 Å². The summed E-state index contributed by atoms with van der Waals surface area (Å²) in [5, 5.41) is 0.